The number of hydrogen-bond acceptors (Lipinski definition) is 2. The van der Waals surface area contributed by atoms with Crippen LogP contribution in [0.3, 0.4) is 0 Å². The Balaban J connectivity index is 1.67. The van der Waals surface area contributed by atoms with Gasteiger partial charge < -0.3 is 4.74 Å². The van der Waals surface area contributed by atoms with E-state index in [0.717, 1.165) is 37.0 Å². The standard InChI is InChI=1S/C38H66O2/c1-10-11-12-13-14-20-35(39)40-27-16-19-33-31(29(4)5)21-22-34-36(33,7)25-26-37(8)32(23-24-38(34,37)9)30(6)18-15-17-28(2)3/h17,30,32-34H,10-16,18-27H2,1-9H3. The Bertz CT molecular complexity index is 889. The zero-order chi connectivity index (χ0) is 29.6. The number of carbonyl (C=O) groups is 1. The highest BCUT2D eigenvalue weighted by Gasteiger charge is 2.66. The molecule has 0 N–H and O–H groups in total. The van der Waals surface area contributed by atoms with Crippen molar-refractivity contribution in [2.24, 2.45) is 39.9 Å². The highest BCUT2D eigenvalue weighted by molar-refractivity contribution is 5.69. The minimum atomic E-state index is 0.0170. The molecule has 3 aliphatic carbocycles. The van der Waals surface area contributed by atoms with Gasteiger partial charge in [0.05, 0.1) is 6.61 Å². The molecule has 3 fully saturated rings. The average molecular weight is 555 g/mol. The summed E-state index contributed by atoms with van der Waals surface area (Å²) in [6, 6.07) is 0. The number of rotatable bonds is 14. The maximum absolute atomic E-state index is 12.3. The van der Waals surface area contributed by atoms with Crippen LogP contribution in [0.5, 0.6) is 0 Å². The van der Waals surface area contributed by atoms with E-state index in [1.165, 1.54) is 82.6 Å². The van der Waals surface area contributed by atoms with Crippen molar-refractivity contribution in [2.45, 2.75) is 165 Å². The largest absolute Gasteiger partial charge is 0.466 e. The maximum Gasteiger partial charge on any atom is 0.305 e. The van der Waals surface area contributed by atoms with Crippen LogP contribution in [0.25, 0.3) is 0 Å². The van der Waals surface area contributed by atoms with Crippen molar-refractivity contribution in [2.75, 3.05) is 6.61 Å². The van der Waals surface area contributed by atoms with Gasteiger partial charge in [-0.3, -0.25) is 4.79 Å². The van der Waals surface area contributed by atoms with Gasteiger partial charge in [0.15, 0.2) is 0 Å². The molecule has 7 unspecified atom stereocenters. The molecule has 7 atom stereocenters. The van der Waals surface area contributed by atoms with Crippen molar-refractivity contribution in [1.82, 2.24) is 0 Å². The van der Waals surface area contributed by atoms with Gasteiger partial charge in [-0.25, -0.2) is 0 Å². The van der Waals surface area contributed by atoms with E-state index in [2.05, 4.69) is 68.4 Å². The summed E-state index contributed by atoms with van der Waals surface area (Å²) in [6.45, 7) is 22.6. The quantitative estimate of drug-likeness (QED) is 0.121. The minimum absolute atomic E-state index is 0.0170. The molecule has 0 radical (unpaired) electrons. The topological polar surface area (TPSA) is 26.3 Å². The normalized spacial score (nSPS) is 34.1. The number of ether oxygens (including phenoxy) is 1. The number of carbonyl (C=O) groups excluding carboxylic acids is 1. The Morgan fingerprint density at radius 3 is 2.35 bits per heavy atom. The van der Waals surface area contributed by atoms with Crippen LogP contribution >= 0.6 is 0 Å². The van der Waals surface area contributed by atoms with Crippen molar-refractivity contribution in [3.05, 3.63) is 22.8 Å². The third-order valence-electron chi connectivity index (χ3n) is 12.7. The van der Waals surface area contributed by atoms with E-state index in [4.69, 9.17) is 4.74 Å². The summed E-state index contributed by atoms with van der Waals surface area (Å²) >= 11 is 0. The van der Waals surface area contributed by atoms with Crippen molar-refractivity contribution in [3.8, 4) is 0 Å². The molecule has 3 saturated carbocycles. The van der Waals surface area contributed by atoms with Crippen molar-refractivity contribution < 1.29 is 9.53 Å². The van der Waals surface area contributed by atoms with Gasteiger partial charge in [0, 0.05) is 6.42 Å². The molecule has 0 aliphatic heterocycles. The van der Waals surface area contributed by atoms with Gasteiger partial charge in [-0.2, -0.15) is 0 Å². The summed E-state index contributed by atoms with van der Waals surface area (Å²) in [5, 5.41) is 0. The van der Waals surface area contributed by atoms with Crippen LogP contribution in [0.1, 0.15) is 165 Å². The fourth-order valence-corrected chi connectivity index (χ4v) is 10.2. The second-order valence-electron chi connectivity index (χ2n) is 15.5. The van der Waals surface area contributed by atoms with E-state index in [1.54, 1.807) is 11.1 Å². The maximum atomic E-state index is 12.3. The molecule has 0 spiro atoms. The van der Waals surface area contributed by atoms with Gasteiger partial charge in [0.1, 0.15) is 0 Å². The lowest BCUT2D eigenvalue weighted by atomic mass is 9.40. The Morgan fingerprint density at radius 1 is 0.950 bits per heavy atom. The van der Waals surface area contributed by atoms with Crippen molar-refractivity contribution in [1.29, 1.82) is 0 Å². The molecule has 0 saturated heterocycles. The second kappa shape index (κ2) is 14.4. The van der Waals surface area contributed by atoms with Crippen LogP contribution in [-0.4, -0.2) is 12.6 Å². The molecule has 0 aromatic carbocycles. The number of esters is 1. The lowest BCUT2D eigenvalue weighted by molar-refractivity contribution is -0.147. The summed E-state index contributed by atoms with van der Waals surface area (Å²) in [6.07, 6.45) is 21.9. The predicted octanol–water partition coefficient (Wildman–Crippen LogP) is 11.6. The summed E-state index contributed by atoms with van der Waals surface area (Å²) in [7, 11) is 0. The first-order chi connectivity index (χ1) is 18.9. The second-order valence-corrected chi connectivity index (χ2v) is 15.5. The molecule has 0 amide bonds. The Kier molecular flexibility index (Phi) is 12.1. The Morgan fingerprint density at radius 2 is 1.68 bits per heavy atom. The number of allylic oxidation sites excluding steroid dienone is 4. The molecular weight excluding hydrogens is 488 g/mol. The summed E-state index contributed by atoms with van der Waals surface area (Å²) in [5.41, 5.74) is 6.00. The molecule has 3 aliphatic rings. The number of fused-ring (bicyclic) bond motifs is 3. The number of hydrogen-bond donors (Lipinski definition) is 0. The fourth-order valence-electron chi connectivity index (χ4n) is 10.2. The molecule has 3 rings (SSSR count). The molecule has 0 bridgehead atoms. The fraction of sp³-hybridized carbons (Fsp3) is 0.868. The van der Waals surface area contributed by atoms with Crippen molar-refractivity contribution in [3.63, 3.8) is 0 Å². The third kappa shape index (κ3) is 7.11. The predicted molar refractivity (Wildman–Crippen MR) is 172 cm³/mol. The van der Waals surface area contributed by atoms with Gasteiger partial charge in [-0.1, -0.05) is 83.1 Å². The lowest BCUT2D eigenvalue weighted by Crippen LogP contribution is -2.57. The van der Waals surface area contributed by atoms with Gasteiger partial charge in [0.2, 0.25) is 0 Å². The zero-order valence-corrected chi connectivity index (χ0v) is 28.2. The molecule has 40 heavy (non-hydrogen) atoms. The van der Waals surface area contributed by atoms with Crippen LogP contribution in [0.15, 0.2) is 22.8 Å². The van der Waals surface area contributed by atoms with Crippen LogP contribution in [-0.2, 0) is 9.53 Å². The Hall–Kier alpha value is -1.05. The molecular formula is C38H66O2. The van der Waals surface area contributed by atoms with E-state index < -0.39 is 0 Å². The lowest BCUT2D eigenvalue weighted by Gasteiger charge is -2.65. The van der Waals surface area contributed by atoms with E-state index in [9.17, 15) is 4.79 Å². The highest BCUT2D eigenvalue weighted by Crippen LogP contribution is 2.74. The van der Waals surface area contributed by atoms with E-state index >= 15 is 0 Å². The smallest absolute Gasteiger partial charge is 0.305 e. The van der Waals surface area contributed by atoms with Gasteiger partial charge in [0.25, 0.3) is 0 Å². The van der Waals surface area contributed by atoms with E-state index in [1.807, 2.05) is 0 Å². The summed E-state index contributed by atoms with van der Waals surface area (Å²) < 4.78 is 5.74. The van der Waals surface area contributed by atoms with Crippen LogP contribution in [0, 0.1) is 39.9 Å². The van der Waals surface area contributed by atoms with Gasteiger partial charge in [-0.05, 0) is 138 Å². The van der Waals surface area contributed by atoms with Crippen LogP contribution in [0.4, 0.5) is 0 Å². The Labute approximate surface area is 249 Å². The van der Waals surface area contributed by atoms with E-state index in [-0.39, 0.29) is 5.97 Å². The third-order valence-corrected chi connectivity index (χ3v) is 12.7. The first-order valence-electron chi connectivity index (χ1n) is 17.4. The van der Waals surface area contributed by atoms with Crippen LogP contribution < -0.4 is 0 Å². The SMILES string of the molecule is CCCCCCCC(=O)OCCCC1C(=C(C)C)CCC2C1(C)CCC1(C)C(C(C)CCC=C(C)C)CCC21C. The molecule has 0 heterocycles. The first-order valence-corrected chi connectivity index (χ1v) is 17.4. The zero-order valence-electron chi connectivity index (χ0n) is 28.2. The summed E-state index contributed by atoms with van der Waals surface area (Å²) in [4.78, 5) is 12.3. The highest BCUT2D eigenvalue weighted by atomic mass is 16.5. The minimum Gasteiger partial charge on any atom is -0.466 e. The van der Waals surface area contributed by atoms with Crippen molar-refractivity contribution >= 4 is 5.97 Å². The molecule has 2 nitrogen and oxygen atoms in total. The average Bonchev–Trinajstić information content (AvgIpc) is 3.17. The van der Waals surface area contributed by atoms with Gasteiger partial charge in [-0.15, -0.1) is 0 Å². The van der Waals surface area contributed by atoms with Gasteiger partial charge >= 0.3 is 5.97 Å². The first kappa shape index (κ1) is 33.5. The molecule has 230 valence electrons. The summed E-state index contributed by atoms with van der Waals surface area (Å²) in [5.74, 6) is 3.12. The molecule has 2 heteroatoms. The monoisotopic (exact) mass is 555 g/mol. The van der Waals surface area contributed by atoms with Crippen LogP contribution in [0.2, 0.25) is 0 Å². The number of unbranched alkanes of at least 4 members (excludes halogenated alkanes) is 4. The molecule has 0 aromatic rings. The van der Waals surface area contributed by atoms with E-state index in [0.29, 0.717) is 35.2 Å². The molecule has 0 aromatic heterocycles.